The van der Waals surface area contributed by atoms with Crippen LogP contribution in [0.5, 0.6) is 0 Å². The lowest BCUT2D eigenvalue weighted by molar-refractivity contribution is 0.628. The summed E-state index contributed by atoms with van der Waals surface area (Å²) in [5.74, 6) is 1.28. The van der Waals surface area contributed by atoms with Crippen molar-refractivity contribution in [3.8, 4) is 0 Å². The molecule has 0 amide bonds. The fourth-order valence-electron chi connectivity index (χ4n) is 1.90. The summed E-state index contributed by atoms with van der Waals surface area (Å²) in [5.41, 5.74) is 7.05. The van der Waals surface area contributed by atoms with Gasteiger partial charge in [-0.25, -0.2) is 0 Å². The van der Waals surface area contributed by atoms with Crippen LogP contribution in [0.2, 0.25) is 0 Å². The van der Waals surface area contributed by atoms with Crippen molar-refractivity contribution in [1.29, 1.82) is 0 Å². The normalized spacial score (nSPS) is 27.3. The molecule has 0 spiro atoms. The van der Waals surface area contributed by atoms with Gasteiger partial charge in [0.1, 0.15) is 0 Å². The summed E-state index contributed by atoms with van der Waals surface area (Å²) in [5, 5.41) is 0. The zero-order chi connectivity index (χ0) is 9.26. The highest BCUT2D eigenvalue weighted by Crippen LogP contribution is 2.29. The van der Waals surface area contributed by atoms with E-state index in [1.807, 2.05) is 6.07 Å². The average Bonchev–Trinajstić information content (AvgIpc) is 2.47. The molecule has 2 atom stereocenters. The zero-order valence-electron chi connectivity index (χ0n) is 7.77. The molecule has 1 aromatic carbocycles. The second kappa shape index (κ2) is 3.21. The summed E-state index contributed by atoms with van der Waals surface area (Å²) in [4.78, 5) is 4.34. The molecule has 1 aromatic rings. The van der Waals surface area contributed by atoms with E-state index in [0.29, 0.717) is 12.0 Å². The van der Waals surface area contributed by atoms with Gasteiger partial charge in [0, 0.05) is 12.3 Å². The Morgan fingerprint density at radius 3 is 2.54 bits per heavy atom. The van der Waals surface area contributed by atoms with E-state index in [-0.39, 0.29) is 0 Å². The molecular formula is C11H14N2. The molecule has 0 aliphatic carbocycles. The molecule has 1 aliphatic heterocycles. The molecule has 2 rings (SSSR count). The Labute approximate surface area is 78.5 Å². The Kier molecular flexibility index (Phi) is 2.05. The van der Waals surface area contributed by atoms with Crippen molar-refractivity contribution < 1.29 is 0 Å². The highest BCUT2D eigenvalue weighted by molar-refractivity contribution is 5.83. The summed E-state index contributed by atoms with van der Waals surface area (Å²) in [6, 6.07) is 10.8. The number of hydrogen-bond donors (Lipinski definition) is 1. The van der Waals surface area contributed by atoms with Gasteiger partial charge in [-0.05, 0) is 12.5 Å². The van der Waals surface area contributed by atoms with Crippen LogP contribution in [-0.4, -0.2) is 11.9 Å². The van der Waals surface area contributed by atoms with Crippen LogP contribution >= 0.6 is 0 Å². The molecule has 0 saturated carbocycles. The van der Waals surface area contributed by atoms with Crippen LogP contribution in [0.15, 0.2) is 35.3 Å². The minimum Gasteiger partial charge on any atom is -0.387 e. The van der Waals surface area contributed by atoms with Gasteiger partial charge in [-0.1, -0.05) is 30.3 Å². The number of nitrogens with two attached hydrogens (primary N) is 1. The Bertz CT molecular complexity index is 316. The van der Waals surface area contributed by atoms with Crippen molar-refractivity contribution in [3.63, 3.8) is 0 Å². The van der Waals surface area contributed by atoms with Crippen LogP contribution in [0.3, 0.4) is 0 Å². The topological polar surface area (TPSA) is 38.4 Å². The minimum absolute atomic E-state index is 0.336. The standard InChI is InChI=1S/C11H14N2/c1-8-10(7-11(12)13-8)9-5-3-2-4-6-9/h2-6,8,10H,7H2,1H3,(H2,12,13). The Hall–Kier alpha value is -1.31. The SMILES string of the molecule is CC1N=C(N)CC1c1ccccc1. The van der Waals surface area contributed by atoms with Gasteiger partial charge < -0.3 is 5.73 Å². The van der Waals surface area contributed by atoms with Gasteiger partial charge >= 0.3 is 0 Å². The quantitative estimate of drug-likeness (QED) is 0.694. The van der Waals surface area contributed by atoms with Gasteiger partial charge in [0.2, 0.25) is 0 Å². The number of rotatable bonds is 1. The smallest absolute Gasteiger partial charge is 0.0947 e. The molecule has 13 heavy (non-hydrogen) atoms. The third kappa shape index (κ3) is 1.57. The van der Waals surface area contributed by atoms with E-state index in [4.69, 9.17) is 5.73 Å². The highest BCUT2D eigenvalue weighted by atomic mass is 14.9. The molecule has 68 valence electrons. The summed E-state index contributed by atoms with van der Waals surface area (Å²) in [7, 11) is 0. The Morgan fingerprint density at radius 1 is 1.31 bits per heavy atom. The second-order valence-electron chi connectivity index (χ2n) is 3.58. The molecule has 0 radical (unpaired) electrons. The van der Waals surface area contributed by atoms with Crippen molar-refractivity contribution >= 4 is 5.84 Å². The monoisotopic (exact) mass is 174 g/mol. The number of aliphatic imine (C=N–C) groups is 1. The van der Waals surface area contributed by atoms with E-state index in [1.54, 1.807) is 0 Å². The van der Waals surface area contributed by atoms with Gasteiger partial charge in [-0.15, -0.1) is 0 Å². The van der Waals surface area contributed by atoms with Crippen molar-refractivity contribution in [2.45, 2.75) is 25.3 Å². The predicted octanol–water partition coefficient (Wildman–Crippen LogP) is 1.92. The maximum atomic E-state index is 5.70. The van der Waals surface area contributed by atoms with E-state index >= 15 is 0 Å². The second-order valence-corrected chi connectivity index (χ2v) is 3.58. The van der Waals surface area contributed by atoms with Crippen LogP contribution in [0, 0.1) is 0 Å². The maximum absolute atomic E-state index is 5.70. The van der Waals surface area contributed by atoms with Gasteiger partial charge in [-0.3, -0.25) is 4.99 Å². The van der Waals surface area contributed by atoms with Crippen molar-refractivity contribution in [2.75, 3.05) is 0 Å². The Balaban J connectivity index is 2.21. The summed E-state index contributed by atoms with van der Waals surface area (Å²) < 4.78 is 0. The van der Waals surface area contributed by atoms with E-state index in [9.17, 15) is 0 Å². The molecule has 2 unspecified atom stereocenters. The fraction of sp³-hybridized carbons (Fsp3) is 0.364. The van der Waals surface area contributed by atoms with Gasteiger partial charge in [0.05, 0.1) is 11.9 Å². The largest absolute Gasteiger partial charge is 0.387 e. The van der Waals surface area contributed by atoms with Crippen LogP contribution < -0.4 is 5.73 Å². The first-order chi connectivity index (χ1) is 6.27. The molecule has 1 heterocycles. The molecule has 2 N–H and O–H groups in total. The molecule has 2 nitrogen and oxygen atoms in total. The number of nitrogens with zero attached hydrogens (tertiary/aromatic N) is 1. The third-order valence-corrected chi connectivity index (χ3v) is 2.61. The van der Waals surface area contributed by atoms with E-state index in [1.165, 1.54) is 5.56 Å². The van der Waals surface area contributed by atoms with Crippen molar-refractivity contribution in [2.24, 2.45) is 10.7 Å². The molecule has 2 heteroatoms. The van der Waals surface area contributed by atoms with Gasteiger partial charge in [-0.2, -0.15) is 0 Å². The number of amidine groups is 1. The first kappa shape index (κ1) is 8.30. The first-order valence-corrected chi connectivity index (χ1v) is 4.64. The van der Waals surface area contributed by atoms with Crippen molar-refractivity contribution in [3.05, 3.63) is 35.9 Å². The molecule has 1 aliphatic rings. The van der Waals surface area contributed by atoms with Crippen LogP contribution in [0.25, 0.3) is 0 Å². The molecule has 0 saturated heterocycles. The van der Waals surface area contributed by atoms with Gasteiger partial charge in [0.25, 0.3) is 0 Å². The zero-order valence-corrected chi connectivity index (χ0v) is 7.77. The summed E-state index contributed by atoms with van der Waals surface area (Å²) in [6.45, 7) is 2.12. The van der Waals surface area contributed by atoms with Gasteiger partial charge in [0.15, 0.2) is 0 Å². The lowest BCUT2D eigenvalue weighted by Gasteiger charge is -2.13. The lowest BCUT2D eigenvalue weighted by atomic mass is 9.92. The minimum atomic E-state index is 0.336. The lowest BCUT2D eigenvalue weighted by Crippen LogP contribution is -2.10. The van der Waals surface area contributed by atoms with Crippen LogP contribution in [0.4, 0.5) is 0 Å². The first-order valence-electron chi connectivity index (χ1n) is 4.64. The number of benzene rings is 1. The summed E-state index contributed by atoms with van der Waals surface area (Å²) >= 11 is 0. The van der Waals surface area contributed by atoms with Crippen molar-refractivity contribution in [1.82, 2.24) is 0 Å². The molecular weight excluding hydrogens is 160 g/mol. The number of hydrogen-bond acceptors (Lipinski definition) is 2. The molecule has 0 aromatic heterocycles. The molecule has 0 fully saturated rings. The highest BCUT2D eigenvalue weighted by Gasteiger charge is 2.25. The van der Waals surface area contributed by atoms with Crippen LogP contribution in [-0.2, 0) is 0 Å². The summed E-state index contributed by atoms with van der Waals surface area (Å²) in [6.07, 6.45) is 0.908. The maximum Gasteiger partial charge on any atom is 0.0947 e. The fourth-order valence-corrected chi connectivity index (χ4v) is 1.90. The van der Waals surface area contributed by atoms with E-state index in [2.05, 4.69) is 36.2 Å². The van der Waals surface area contributed by atoms with Crippen LogP contribution in [0.1, 0.15) is 24.8 Å². The third-order valence-electron chi connectivity index (χ3n) is 2.61. The predicted molar refractivity (Wildman–Crippen MR) is 54.9 cm³/mol. The average molecular weight is 174 g/mol. The molecule has 0 bridgehead atoms. The van der Waals surface area contributed by atoms with E-state index in [0.717, 1.165) is 12.3 Å². The van der Waals surface area contributed by atoms with E-state index < -0.39 is 0 Å². The Morgan fingerprint density at radius 2 is 2.00 bits per heavy atom.